The van der Waals surface area contributed by atoms with E-state index in [1.165, 1.54) is 12.4 Å². The van der Waals surface area contributed by atoms with Crippen LogP contribution in [0, 0.1) is 0 Å². The van der Waals surface area contributed by atoms with E-state index in [4.69, 9.17) is 4.74 Å². The van der Waals surface area contributed by atoms with Crippen LogP contribution in [0.1, 0.15) is 37.9 Å². The summed E-state index contributed by atoms with van der Waals surface area (Å²) in [5.74, 6) is -0.827. The second-order valence-corrected chi connectivity index (χ2v) is 7.26. The van der Waals surface area contributed by atoms with Crippen LogP contribution in [0.3, 0.4) is 0 Å². The number of Topliss-reactive ketones (excluding diaryl/α,β-unsaturated/α-hetero) is 1. The van der Waals surface area contributed by atoms with Gasteiger partial charge in [0.05, 0.1) is 18.2 Å². The van der Waals surface area contributed by atoms with Crippen LogP contribution in [0.5, 0.6) is 5.75 Å². The molecule has 31 heavy (non-hydrogen) atoms. The fourth-order valence-electron chi connectivity index (χ4n) is 3.85. The van der Waals surface area contributed by atoms with Crippen molar-refractivity contribution < 1.29 is 19.4 Å². The molecule has 2 aromatic rings. The third-order valence-corrected chi connectivity index (χ3v) is 5.53. The number of aliphatic hydroxyl groups is 1. The fourth-order valence-corrected chi connectivity index (χ4v) is 3.85. The Kier molecular flexibility index (Phi) is 7.41. The average molecular weight is 424 g/mol. The minimum Gasteiger partial charge on any atom is -0.507 e. The van der Waals surface area contributed by atoms with E-state index in [1.807, 2.05) is 31.2 Å². The van der Waals surface area contributed by atoms with Crippen molar-refractivity contribution in [3.05, 3.63) is 65.5 Å². The molecule has 1 N–H and O–H groups in total. The molecule has 1 aromatic heterocycles. The number of likely N-dealkylation sites (N-methyl/N-ethyl adjacent to an activating group) is 1. The first-order chi connectivity index (χ1) is 15.0. The maximum absolute atomic E-state index is 13.0. The van der Waals surface area contributed by atoms with Crippen LogP contribution in [0.15, 0.2) is 54.4 Å². The molecule has 0 aliphatic carbocycles. The van der Waals surface area contributed by atoms with Crippen LogP contribution in [0.4, 0.5) is 0 Å². The molecule has 1 unspecified atom stereocenters. The number of ether oxygens (including phenoxy) is 1. The maximum atomic E-state index is 13.0. The van der Waals surface area contributed by atoms with Gasteiger partial charge in [-0.3, -0.25) is 14.6 Å². The lowest BCUT2D eigenvalue weighted by atomic mass is 9.95. The summed E-state index contributed by atoms with van der Waals surface area (Å²) in [5, 5.41) is 11.0. The van der Waals surface area contributed by atoms with Crippen molar-refractivity contribution in [2.45, 2.75) is 26.8 Å². The van der Waals surface area contributed by atoms with Gasteiger partial charge < -0.3 is 19.6 Å². The zero-order valence-corrected chi connectivity index (χ0v) is 18.2. The van der Waals surface area contributed by atoms with Crippen molar-refractivity contribution in [1.82, 2.24) is 14.8 Å². The number of likely N-dealkylation sites (tertiary alicyclic amines) is 1. The van der Waals surface area contributed by atoms with Gasteiger partial charge in [0.15, 0.2) is 0 Å². The summed E-state index contributed by atoms with van der Waals surface area (Å²) in [6.07, 6.45) is 3.08. The summed E-state index contributed by atoms with van der Waals surface area (Å²) in [6, 6.07) is 9.88. The first-order valence-corrected chi connectivity index (χ1v) is 10.7. The summed E-state index contributed by atoms with van der Waals surface area (Å²) in [5.41, 5.74) is 1.26. The first-order valence-electron chi connectivity index (χ1n) is 10.7. The summed E-state index contributed by atoms with van der Waals surface area (Å²) in [6.45, 7) is 9.23. The minimum absolute atomic E-state index is 0.0874. The Labute approximate surface area is 183 Å². The number of benzene rings is 1. The normalized spacial score (nSPS) is 18.1. The number of aromatic nitrogens is 1. The van der Waals surface area contributed by atoms with Crippen molar-refractivity contribution in [3.8, 4) is 5.75 Å². The van der Waals surface area contributed by atoms with E-state index in [-0.39, 0.29) is 11.3 Å². The molecule has 1 amide bonds. The van der Waals surface area contributed by atoms with Gasteiger partial charge in [0.25, 0.3) is 11.7 Å². The second kappa shape index (κ2) is 10.2. The van der Waals surface area contributed by atoms with Crippen LogP contribution in [-0.4, -0.2) is 64.4 Å². The van der Waals surface area contributed by atoms with Gasteiger partial charge in [-0.15, -0.1) is 0 Å². The number of carbonyl (C=O) groups is 2. The third kappa shape index (κ3) is 4.77. The number of amides is 1. The number of rotatable bonds is 9. The molecule has 0 spiro atoms. The molecular weight excluding hydrogens is 394 g/mol. The number of pyridine rings is 1. The Morgan fingerprint density at radius 1 is 1.13 bits per heavy atom. The SMILES string of the molecule is CCOc1cccc(C2/C(=C(\O)c3ccncc3)C(=O)C(=O)N2CCN(CC)CC)c1. The third-order valence-electron chi connectivity index (χ3n) is 5.53. The van der Waals surface area contributed by atoms with Crippen LogP contribution in [-0.2, 0) is 9.59 Å². The van der Waals surface area contributed by atoms with Gasteiger partial charge in [0.2, 0.25) is 0 Å². The van der Waals surface area contributed by atoms with E-state index in [0.29, 0.717) is 31.0 Å². The Bertz CT molecular complexity index is 954. The zero-order chi connectivity index (χ0) is 22.4. The quantitative estimate of drug-likeness (QED) is 0.379. The van der Waals surface area contributed by atoms with Gasteiger partial charge in [0.1, 0.15) is 11.5 Å². The first kappa shape index (κ1) is 22.5. The zero-order valence-electron chi connectivity index (χ0n) is 18.2. The molecular formula is C24H29N3O4. The summed E-state index contributed by atoms with van der Waals surface area (Å²) < 4.78 is 5.62. The predicted octanol–water partition coefficient (Wildman–Crippen LogP) is 3.24. The predicted molar refractivity (Wildman–Crippen MR) is 119 cm³/mol. The number of carbonyl (C=O) groups excluding carboxylic acids is 2. The Balaban J connectivity index is 2.09. The number of nitrogens with zero attached hydrogens (tertiary/aromatic N) is 3. The molecule has 164 valence electrons. The summed E-state index contributed by atoms with van der Waals surface area (Å²) in [4.78, 5) is 33.7. The number of aliphatic hydroxyl groups excluding tert-OH is 1. The number of ketones is 1. The van der Waals surface area contributed by atoms with E-state index >= 15 is 0 Å². The van der Waals surface area contributed by atoms with Crippen LogP contribution >= 0.6 is 0 Å². The highest BCUT2D eigenvalue weighted by Crippen LogP contribution is 2.40. The Morgan fingerprint density at radius 3 is 2.48 bits per heavy atom. The molecule has 1 saturated heterocycles. The van der Waals surface area contributed by atoms with E-state index in [2.05, 4.69) is 23.7 Å². The Hall–Kier alpha value is -3.19. The molecule has 7 nitrogen and oxygen atoms in total. The Morgan fingerprint density at radius 2 is 1.84 bits per heavy atom. The highest BCUT2D eigenvalue weighted by molar-refractivity contribution is 6.46. The van der Waals surface area contributed by atoms with Crippen molar-refractivity contribution in [2.75, 3.05) is 32.8 Å². The molecule has 1 aliphatic heterocycles. The lowest BCUT2D eigenvalue weighted by molar-refractivity contribution is -0.140. The topological polar surface area (TPSA) is 83.0 Å². The van der Waals surface area contributed by atoms with Crippen LogP contribution in [0.2, 0.25) is 0 Å². The molecule has 7 heteroatoms. The summed E-state index contributed by atoms with van der Waals surface area (Å²) >= 11 is 0. The van der Waals surface area contributed by atoms with Gasteiger partial charge in [-0.2, -0.15) is 0 Å². The number of hydrogen-bond acceptors (Lipinski definition) is 6. The van der Waals surface area contributed by atoms with Crippen LogP contribution in [0.25, 0.3) is 5.76 Å². The molecule has 1 aliphatic rings. The van der Waals surface area contributed by atoms with Crippen LogP contribution < -0.4 is 4.74 Å². The smallest absolute Gasteiger partial charge is 0.295 e. The molecule has 2 heterocycles. The lowest BCUT2D eigenvalue weighted by Gasteiger charge is -2.28. The van der Waals surface area contributed by atoms with Gasteiger partial charge in [-0.1, -0.05) is 26.0 Å². The maximum Gasteiger partial charge on any atom is 0.295 e. The fraction of sp³-hybridized carbons (Fsp3) is 0.375. The van der Waals surface area contributed by atoms with Gasteiger partial charge in [-0.05, 0) is 49.8 Å². The highest BCUT2D eigenvalue weighted by Gasteiger charge is 2.46. The van der Waals surface area contributed by atoms with E-state index in [9.17, 15) is 14.7 Å². The van der Waals surface area contributed by atoms with Crippen molar-refractivity contribution >= 4 is 17.4 Å². The van der Waals surface area contributed by atoms with Gasteiger partial charge >= 0.3 is 0 Å². The van der Waals surface area contributed by atoms with Crippen molar-refractivity contribution in [2.24, 2.45) is 0 Å². The average Bonchev–Trinajstić information content (AvgIpc) is 3.05. The van der Waals surface area contributed by atoms with E-state index < -0.39 is 17.7 Å². The molecule has 1 atom stereocenters. The van der Waals surface area contributed by atoms with Crippen molar-refractivity contribution in [1.29, 1.82) is 0 Å². The highest BCUT2D eigenvalue weighted by atomic mass is 16.5. The summed E-state index contributed by atoms with van der Waals surface area (Å²) in [7, 11) is 0. The standard InChI is InChI=1S/C24H29N3O4/c1-4-26(5-2)14-15-27-21(18-8-7-9-19(16-18)31-6-3)20(23(29)24(27)30)22(28)17-10-12-25-13-11-17/h7-13,16,21,28H,4-6,14-15H2,1-3H3/b22-20+. The van der Waals surface area contributed by atoms with Gasteiger partial charge in [0, 0.05) is 31.0 Å². The largest absolute Gasteiger partial charge is 0.507 e. The molecule has 1 aromatic carbocycles. The number of hydrogen-bond donors (Lipinski definition) is 1. The molecule has 1 fully saturated rings. The van der Waals surface area contributed by atoms with E-state index in [0.717, 1.165) is 18.7 Å². The monoisotopic (exact) mass is 423 g/mol. The lowest BCUT2D eigenvalue weighted by Crippen LogP contribution is -2.38. The molecule has 0 radical (unpaired) electrons. The van der Waals surface area contributed by atoms with Crippen molar-refractivity contribution in [3.63, 3.8) is 0 Å². The van der Waals surface area contributed by atoms with Gasteiger partial charge in [-0.25, -0.2) is 0 Å². The van der Waals surface area contributed by atoms with E-state index in [1.54, 1.807) is 17.0 Å². The molecule has 0 saturated carbocycles. The molecule has 0 bridgehead atoms. The minimum atomic E-state index is -0.691. The second-order valence-electron chi connectivity index (χ2n) is 7.26. The molecule has 3 rings (SSSR count).